The van der Waals surface area contributed by atoms with Crippen molar-refractivity contribution in [2.24, 2.45) is 4.99 Å². The van der Waals surface area contributed by atoms with Gasteiger partial charge in [-0.15, -0.1) is 0 Å². The lowest BCUT2D eigenvalue weighted by Crippen LogP contribution is -2.19. The molecule has 0 amide bonds. The molecule has 0 saturated heterocycles. The topological polar surface area (TPSA) is 140 Å². The second-order valence-electron chi connectivity index (χ2n) is 8.42. The number of ether oxygens (including phenoxy) is 3. The average molecular weight is 518 g/mol. The fourth-order valence-corrected chi connectivity index (χ4v) is 4.37. The van der Waals surface area contributed by atoms with Gasteiger partial charge in [0.2, 0.25) is 0 Å². The van der Waals surface area contributed by atoms with Gasteiger partial charge in [-0.1, -0.05) is 18.2 Å². The number of fused-ring (bicyclic) bond motifs is 1. The molecule has 10 nitrogen and oxygen atoms in total. The SMILES string of the molecule is CCOC(=O)C(=O)c1c(C)[nH]c(/C=C2\N=C(c3[nH]c4ccccc4c3C(=O)C(=O)OCC)C=C2OC)c1C. The number of ketones is 2. The maximum Gasteiger partial charge on any atom is 0.379 e. The van der Waals surface area contributed by atoms with Crippen LogP contribution in [0.2, 0.25) is 0 Å². The summed E-state index contributed by atoms with van der Waals surface area (Å²) in [6.07, 6.45) is 3.33. The number of allylic oxidation sites excluding steroid dienone is 1. The predicted octanol–water partition coefficient (Wildman–Crippen LogP) is 3.98. The minimum Gasteiger partial charge on any atom is -0.494 e. The second kappa shape index (κ2) is 10.7. The summed E-state index contributed by atoms with van der Waals surface area (Å²) >= 11 is 0. The van der Waals surface area contributed by atoms with Gasteiger partial charge in [-0.25, -0.2) is 14.6 Å². The van der Waals surface area contributed by atoms with Crippen LogP contribution in [-0.4, -0.2) is 59.5 Å². The number of H-pyrrole nitrogens is 2. The quantitative estimate of drug-likeness (QED) is 0.249. The van der Waals surface area contributed by atoms with Crippen molar-refractivity contribution in [1.29, 1.82) is 0 Å². The van der Waals surface area contributed by atoms with E-state index in [-0.39, 0.29) is 24.3 Å². The molecule has 1 aromatic carbocycles. The number of carbonyl (C=O) groups excluding carboxylic acids is 4. The maximum absolute atomic E-state index is 13.1. The lowest BCUT2D eigenvalue weighted by atomic mass is 10.0. The van der Waals surface area contributed by atoms with E-state index in [2.05, 4.69) is 15.0 Å². The smallest absolute Gasteiger partial charge is 0.379 e. The summed E-state index contributed by atoms with van der Waals surface area (Å²) in [5.41, 5.74) is 3.79. The third-order valence-corrected chi connectivity index (χ3v) is 6.08. The number of benzene rings is 1. The molecule has 0 spiro atoms. The van der Waals surface area contributed by atoms with Crippen molar-refractivity contribution in [3.8, 4) is 0 Å². The summed E-state index contributed by atoms with van der Waals surface area (Å²) in [5, 5.41) is 0.561. The number of nitrogens with zero attached hydrogens (tertiary/aromatic N) is 1. The first-order valence-electron chi connectivity index (χ1n) is 12.0. The van der Waals surface area contributed by atoms with Crippen LogP contribution in [0.3, 0.4) is 0 Å². The molecule has 3 heterocycles. The van der Waals surface area contributed by atoms with E-state index in [9.17, 15) is 19.2 Å². The summed E-state index contributed by atoms with van der Waals surface area (Å²) < 4.78 is 15.4. The Hall–Kier alpha value is -4.73. The van der Waals surface area contributed by atoms with Gasteiger partial charge in [0.25, 0.3) is 11.6 Å². The van der Waals surface area contributed by atoms with Crippen molar-refractivity contribution in [3.63, 3.8) is 0 Å². The molecule has 0 bridgehead atoms. The van der Waals surface area contributed by atoms with Crippen LogP contribution in [0.15, 0.2) is 46.8 Å². The van der Waals surface area contributed by atoms with Gasteiger partial charge in [-0.3, -0.25) is 9.59 Å². The van der Waals surface area contributed by atoms with Crippen LogP contribution < -0.4 is 0 Å². The molecule has 0 aliphatic carbocycles. The van der Waals surface area contributed by atoms with E-state index in [0.717, 1.165) is 0 Å². The first-order valence-corrected chi connectivity index (χ1v) is 12.0. The van der Waals surface area contributed by atoms with Gasteiger partial charge >= 0.3 is 11.9 Å². The van der Waals surface area contributed by atoms with Gasteiger partial charge in [0.05, 0.1) is 42.9 Å². The summed E-state index contributed by atoms with van der Waals surface area (Å²) in [4.78, 5) is 61.0. The Bertz CT molecular complexity index is 1570. The monoisotopic (exact) mass is 517 g/mol. The summed E-state index contributed by atoms with van der Waals surface area (Å²) in [6.45, 7) is 6.83. The standard InChI is InChI=1S/C28H27N3O7/c1-6-37-27(34)25(32)22-14(3)18(29-15(22)4)12-19-21(36-5)13-20(30-19)24-23(26(33)28(35)38-7-2)16-10-8-9-11-17(16)31-24/h8-13,29,31H,6-7H2,1-5H3/b19-12-. The van der Waals surface area contributed by atoms with Crippen molar-refractivity contribution in [3.05, 3.63) is 75.6 Å². The second-order valence-corrected chi connectivity index (χ2v) is 8.42. The molecule has 2 N–H and O–H groups in total. The molecule has 1 aliphatic heterocycles. The summed E-state index contributed by atoms with van der Waals surface area (Å²) in [6, 6.07) is 7.11. The number of hydrogen-bond donors (Lipinski definition) is 2. The lowest BCUT2D eigenvalue weighted by molar-refractivity contribution is -0.138. The summed E-state index contributed by atoms with van der Waals surface area (Å²) in [7, 11) is 1.48. The Morgan fingerprint density at radius 3 is 2.18 bits per heavy atom. The average Bonchev–Trinajstić information content (AvgIpc) is 3.56. The van der Waals surface area contributed by atoms with E-state index in [0.29, 0.717) is 50.7 Å². The molecule has 3 aromatic rings. The van der Waals surface area contributed by atoms with E-state index >= 15 is 0 Å². The number of aliphatic imine (C=N–C) groups is 1. The number of methoxy groups -OCH3 is 1. The molecular weight excluding hydrogens is 490 g/mol. The van der Waals surface area contributed by atoms with E-state index in [1.54, 1.807) is 58.0 Å². The number of carbonyl (C=O) groups is 4. The fraction of sp³-hybridized carbons (Fsp3) is 0.250. The number of para-hydroxylation sites is 1. The highest BCUT2D eigenvalue weighted by Crippen LogP contribution is 2.31. The first-order chi connectivity index (χ1) is 18.2. The molecule has 2 aromatic heterocycles. The molecule has 4 rings (SSSR count). The number of aromatic nitrogens is 2. The van der Waals surface area contributed by atoms with Crippen molar-refractivity contribution >= 4 is 46.2 Å². The van der Waals surface area contributed by atoms with Crippen molar-refractivity contribution < 1.29 is 33.4 Å². The van der Waals surface area contributed by atoms with E-state index in [4.69, 9.17) is 14.2 Å². The normalized spacial score (nSPS) is 13.9. The molecule has 0 fully saturated rings. The molecule has 1 aliphatic rings. The highest BCUT2D eigenvalue weighted by Gasteiger charge is 2.30. The zero-order valence-corrected chi connectivity index (χ0v) is 21.7. The van der Waals surface area contributed by atoms with Gasteiger partial charge < -0.3 is 24.2 Å². The van der Waals surface area contributed by atoms with Crippen LogP contribution in [0.4, 0.5) is 0 Å². The van der Waals surface area contributed by atoms with Crippen molar-refractivity contribution in [2.45, 2.75) is 27.7 Å². The third-order valence-electron chi connectivity index (χ3n) is 6.08. The van der Waals surface area contributed by atoms with Crippen molar-refractivity contribution in [1.82, 2.24) is 9.97 Å². The molecule has 38 heavy (non-hydrogen) atoms. The number of aryl methyl sites for hydroxylation is 1. The zero-order valence-electron chi connectivity index (χ0n) is 21.7. The zero-order chi connectivity index (χ0) is 27.6. The minimum atomic E-state index is -0.958. The van der Waals surface area contributed by atoms with Gasteiger partial charge in [0.1, 0.15) is 11.5 Å². The highest BCUT2D eigenvalue weighted by molar-refractivity contribution is 6.45. The predicted molar refractivity (Wildman–Crippen MR) is 140 cm³/mol. The van der Waals surface area contributed by atoms with Crippen LogP contribution in [0.1, 0.15) is 57.2 Å². The van der Waals surface area contributed by atoms with E-state index < -0.39 is 23.5 Å². The minimum absolute atomic E-state index is 0.0688. The van der Waals surface area contributed by atoms with Gasteiger partial charge in [-0.2, -0.15) is 0 Å². The van der Waals surface area contributed by atoms with Crippen LogP contribution in [-0.2, 0) is 23.8 Å². The first kappa shape index (κ1) is 26.3. The Morgan fingerprint density at radius 1 is 0.921 bits per heavy atom. The lowest BCUT2D eigenvalue weighted by Gasteiger charge is -2.03. The Morgan fingerprint density at radius 2 is 1.55 bits per heavy atom. The number of esters is 2. The molecule has 0 atom stereocenters. The number of aromatic amines is 2. The Labute approximate surface area is 218 Å². The van der Waals surface area contributed by atoms with Crippen LogP contribution in [0.25, 0.3) is 17.0 Å². The third kappa shape index (κ3) is 4.68. The van der Waals surface area contributed by atoms with Crippen molar-refractivity contribution in [2.75, 3.05) is 20.3 Å². The molecule has 10 heteroatoms. The fourth-order valence-electron chi connectivity index (χ4n) is 4.37. The van der Waals surface area contributed by atoms with Crippen LogP contribution >= 0.6 is 0 Å². The number of nitrogens with one attached hydrogen (secondary N) is 2. The van der Waals surface area contributed by atoms with Crippen LogP contribution in [0, 0.1) is 13.8 Å². The van der Waals surface area contributed by atoms with Gasteiger partial charge in [0, 0.05) is 28.4 Å². The highest BCUT2D eigenvalue weighted by atomic mass is 16.5. The molecule has 0 radical (unpaired) electrons. The van der Waals surface area contributed by atoms with Crippen LogP contribution in [0.5, 0.6) is 0 Å². The van der Waals surface area contributed by atoms with E-state index in [1.807, 2.05) is 6.07 Å². The van der Waals surface area contributed by atoms with E-state index in [1.165, 1.54) is 7.11 Å². The summed E-state index contributed by atoms with van der Waals surface area (Å²) in [5.74, 6) is -3.00. The number of hydrogen-bond acceptors (Lipinski definition) is 8. The Balaban J connectivity index is 1.80. The molecule has 0 unspecified atom stereocenters. The molecule has 0 saturated carbocycles. The number of rotatable bonds is 9. The number of Topliss-reactive ketones (excluding diaryl/α,β-unsaturated/α-hetero) is 2. The molecular formula is C28H27N3O7. The van der Waals surface area contributed by atoms with Gasteiger partial charge in [-0.05, 0) is 45.4 Å². The molecule has 196 valence electrons. The Kier molecular flexibility index (Phi) is 7.43. The van der Waals surface area contributed by atoms with Gasteiger partial charge in [0.15, 0.2) is 0 Å². The largest absolute Gasteiger partial charge is 0.494 e. The maximum atomic E-state index is 13.1.